The molecule has 1 saturated heterocycles. The number of hydrogen-bond donors (Lipinski definition) is 0. The summed E-state index contributed by atoms with van der Waals surface area (Å²) < 4.78 is 16.6. The summed E-state index contributed by atoms with van der Waals surface area (Å²) >= 11 is 0. The van der Waals surface area contributed by atoms with Crippen molar-refractivity contribution in [3.63, 3.8) is 0 Å². The van der Waals surface area contributed by atoms with Gasteiger partial charge in [0.05, 0.1) is 12.2 Å². The van der Waals surface area contributed by atoms with Gasteiger partial charge >= 0.3 is 8.56 Å². The highest BCUT2D eigenvalue weighted by molar-refractivity contribution is 6.66. The van der Waals surface area contributed by atoms with Gasteiger partial charge in [-0.1, -0.05) is 0 Å². The Labute approximate surface area is 87.0 Å². The molecule has 1 heterocycles. The molecule has 1 aliphatic carbocycles. The third kappa shape index (κ3) is 2.19. The quantitative estimate of drug-likeness (QED) is 0.531. The van der Waals surface area contributed by atoms with Crippen LogP contribution in [0.1, 0.15) is 19.3 Å². The SMILES string of the molecule is CO[Si](C)(CC1CCC2OC2C1)OC. The van der Waals surface area contributed by atoms with Gasteiger partial charge in [-0.25, -0.2) is 0 Å². The standard InChI is InChI=1S/C10H20O3Si/c1-11-14(3,12-2)7-8-4-5-9-10(6-8)13-9/h8-10H,4-7H2,1-3H3. The van der Waals surface area contributed by atoms with Gasteiger partial charge in [0.15, 0.2) is 0 Å². The van der Waals surface area contributed by atoms with Crippen LogP contribution >= 0.6 is 0 Å². The molecule has 82 valence electrons. The van der Waals surface area contributed by atoms with E-state index in [1.54, 1.807) is 14.2 Å². The van der Waals surface area contributed by atoms with Crippen molar-refractivity contribution in [3.05, 3.63) is 0 Å². The van der Waals surface area contributed by atoms with E-state index in [4.69, 9.17) is 13.6 Å². The molecule has 0 aromatic rings. The Morgan fingerprint density at radius 2 is 1.93 bits per heavy atom. The number of fused-ring (bicyclic) bond motifs is 1. The van der Waals surface area contributed by atoms with Gasteiger partial charge in [0.2, 0.25) is 0 Å². The zero-order valence-electron chi connectivity index (χ0n) is 9.29. The largest absolute Gasteiger partial charge is 0.398 e. The van der Waals surface area contributed by atoms with Crippen molar-refractivity contribution in [3.8, 4) is 0 Å². The van der Waals surface area contributed by atoms with E-state index in [9.17, 15) is 0 Å². The van der Waals surface area contributed by atoms with Crippen LogP contribution in [0.5, 0.6) is 0 Å². The van der Waals surface area contributed by atoms with E-state index in [0.29, 0.717) is 12.2 Å². The minimum atomic E-state index is -1.85. The van der Waals surface area contributed by atoms with Gasteiger partial charge < -0.3 is 13.6 Å². The summed E-state index contributed by atoms with van der Waals surface area (Å²) in [5, 5.41) is 0. The second-order valence-corrected chi connectivity index (χ2v) is 8.13. The molecule has 0 amide bonds. The molecular weight excluding hydrogens is 196 g/mol. The smallest absolute Gasteiger partial charge is 0.334 e. The fourth-order valence-electron chi connectivity index (χ4n) is 2.45. The first-order valence-corrected chi connectivity index (χ1v) is 7.95. The fourth-order valence-corrected chi connectivity index (χ4v) is 4.37. The van der Waals surface area contributed by atoms with Crippen molar-refractivity contribution in [2.75, 3.05) is 14.2 Å². The van der Waals surface area contributed by atoms with E-state index in [1.807, 2.05) is 0 Å². The maximum absolute atomic E-state index is 5.52. The van der Waals surface area contributed by atoms with Crippen molar-refractivity contribution in [1.29, 1.82) is 0 Å². The molecule has 3 unspecified atom stereocenters. The Balaban J connectivity index is 1.83. The lowest BCUT2D eigenvalue weighted by Crippen LogP contribution is -2.39. The molecule has 3 nitrogen and oxygen atoms in total. The molecule has 1 saturated carbocycles. The van der Waals surface area contributed by atoms with Crippen molar-refractivity contribution >= 4 is 8.56 Å². The monoisotopic (exact) mass is 216 g/mol. The number of rotatable bonds is 4. The lowest BCUT2D eigenvalue weighted by molar-refractivity contribution is 0.235. The van der Waals surface area contributed by atoms with E-state index in [-0.39, 0.29) is 0 Å². The van der Waals surface area contributed by atoms with Crippen LogP contribution in [0, 0.1) is 5.92 Å². The minimum Gasteiger partial charge on any atom is -0.398 e. The lowest BCUT2D eigenvalue weighted by Gasteiger charge is -2.28. The first kappa shape index (κ1) is 10.6. The first-order valence-electron chi connectivity index (χ1n) is 5.42. The first-order chi connectivity index (χ1) is 6.67. The third-order valence-electron chi connectivity index (χ3n) is 3.64. The fraction of sp³-hybridized carbons (Fsp3) is 1.00. The average Bonchev–Trinajstić information content (AvgIpc) is 2.96. The maximum Gasteiger partial charge on any atom is 0.334 e. The van der Waals surface area contributed by atoms with Crippen molar-refractivity contribution in [1.82, 2.24) is 0 Å². The predicted molar refractivity (Wildman–Crippen MR) is 56.4 cm³/mol. The van der Waals surface area contributed by atoms with Crippen molar-refractivity contribution in [2.24, 2.45) is 5.92 Å². The summed E-state index contributed by atoms with van der Waals surface area (Å²) in [5.41, 5.74) is 0. The van der Waals surface area contributed by atoms with Crippen LogP contribution in [0.2, 0.25) is 12.6 Å². The Hall–Kier alpha value is 0.0969. The van der Waals surface area contributed by atoms with Gasteiger partial charge in [-0.2, -0.15) is 0 Å². The van der Waals surface area contributed by atoms with Crippen LogP contribution in [0.4, 0.5) is 0 Å². The normalized spacial score (nSPS) is 36.6. The molecule has 0 aromatic heterocycles. The number of epoxide rings is 1. The molecule has 2 aliphatic rings. The summed E-state index contributed by atoms with van der Waals surface area (Å²) in [4.78, 5) is 0. The zero-order valence-corrected chi connectivity index (χ0v) is 10.3. The van der Waals surface area contributed by atoms with Crippen LogP contribution in [-0.2, 0) is 13.6 Å². The third-order valence-corrected chi connectivity index (χ3v) is 6.68. The molecule has 14 heavy (non-hydrogen) atoms. The van der Waals surface area contributed by atoms with Gasteiger partial charge in [0.1, 0.15) is 0 Å². The molecule has 1 aliphatic heterocycles. The molecule has 2 fully saturated rings. The topological polar surface area (TPSA) is 31.0 Å². The van der Waals surface area contributed by atoms with Crippen LogP contribution in [0.15, 0.2) is 0 Å². The molecule has 0 spiro atoms. The molecule has 0 N–H and O–H groups in total. The lowest BCUT2D eigenvalue weighted by atomic mass is 9.91. The van der Waals surface area contributed by atoms with Crippen LogP contribution in [-0.4, -0.2) is 35.0 Å². The van der Waals surface area contributed by atoms with E-state index < -0.39 is 8.56 Å². The van der Waals surface area contributed by atoms with Crippen LogP contribution in [0.25, 0.3) is 0 Å². The molecular formula is C10H20O3Si. The highest BCUT2D eigenvalue weighted by Gasteiger charge is 2.46. The molecule has 3 atom stereocenters. The van der Waals surface area contributed by atoms with E-state index in [1.165, 1.54) is 19.3 Å². The zero-order chi connectivity index (χ0) is 10.2. The van der Waals surface area contributed by atoms with E-state index in [2.05, 4.69) is 6.55 Å². The highest BCUT2D eigenvalue weighted by Crippen LogP contribution is 2.42. The number of hydrogen-bond acceptors (Lipinski definition) is 3. The van der Waals surface area contributed by atoms with Crippen LogP contribution in [0.3, 0.4) is 0 Å². The molecule has 0 aromatic carbocycles. The van der Waals surface area contributed by atoms with Gasteiger partial charge in [-0.05, 0) is 37.8 Å². The number of ether oxygens (including phenoxy) is 1. The van der Waals surface area contributed by atoms with Crippen molar-refractivity contribution < 1.29 is 13.6 Å². The second kappa shape index (κ2) is 3.93. The molecule has 0 bridgehead atoms. The average molecular weight is 216 g/mol. The Morgan fingerprint density at radius 1 is 1.21 bits per heavy atom. The summed E-state index contributed by atoms with van der Waals surface area (Å²) in [5.74, 6) is 0.760. The van der Waals surface area contributed by atoms with Gasteiger partial charge in [-0.3, -0.25) is 0 Å². The van der Waals surface area contributed by atoms with Gasteiger partial charge in [0, 0.05) is 14.2 Å². The minimum absolute atomic E-state index is 0.570. The van der Waals surface area contributed by atoms with Gasteiger partial charge in [-0.15, -0.1) is 0 Å². The Kier molecular flexibility index (Phi) is 2.97. The summed E-state index contributed by atoms with van der Waals surface area (Å²) in [7, 11) is 1.69. The Bertz CT molecular complexity index is 206. The second-order valence-electron chi connectivity index (χ2n) is 4.64. The van der Waals surface area contributed by atoms with E-state index in [0.717, 1.165) is 12.0 Å². The van der Waals surface area contributed by atoms with Gasteiger partial charge in [0.25, 0.3) is 0 Å². The predicted octanol–water partition coefficient (Wildman–Crippen LogP) is 1.92. The highest BCUT2D eigenvalue weighted by atomic mass is 28.4. The summed E-state index contributed by atoms with van der Waals surface area (Å²) in [6.07, 6.45) is 4.92. The molecule has 0 radical (unpaired) electrons. The Morgan fingerprint density at radius 3 is 2.50 bits per heavy atom. The maximum atomic E-state index is 5.52. The molecule has 4 heteroatoms. The summed E-state index contributed by atoms with van der Waals surface area (Å²) in [6, 6.07) is 1.12. The van der Waals surface area contributed by atoms with E-state index >= 15 is 0 Å². The van der Waals surface area contributed by atoms with Crippen LogP contribution < -0.4 is 0 Å². The summed E-state index contributed by atoms with van der Waals surface area (Å²) in [6.45, 7) is 2.15. The molecule has 2 rings (SSSR count). The van der Waals surface area contributed by atoms with Crippen molar-refractivity contribution in [2.45, 2.75) is 44.1 Å².